The van der Waals surface area contributed by atoms with Gasteiger partial charge in [-0.3, -0.25) is 4.79 Å². The third kappa shape index (κ3) is 3.53. The van der Waals surface area contributed by atoms with Crippen molar-refractivity contribution in [3.05, 3.63) is 29.8 Å². The molecule has 20 heavy (non-hydrogen) atoms. The first-order valence-corrected chi connectivity index (χ1v) is 7.61. The van der Waals surface area contributed by atoms with Gasteiger partial charge in [0, 0.05) is 13.1 Å². The highest BCUT2D eigenvalue weighted by Gasteiger charge is 2.29. The van der Waals surface area contributed by atoms with E-state index in [2.05, 4.69) is 0 Å². The van der Waals surface area contributed by atoms with Crippen molar-refractivity contribution in [1.82, 2.24) is 4.90 Å². The Morgan fingerprint density at radius 2 is 2.10 bits per heavy atom. The van der Waals surface area contributed by atoms with Gasteiger partial charge in [0.25, 0.3) is 5.91 Å². The Bertz CT molecular complexity index is 452. The third-order valence-corrected chi connectivity index (χ3v) is 4.13. The van der Waals surface area contributed by atoms with Crippen LogP contribution in [-0.2, 0) is 4.79 Å². The normalized spacial score (nSPS) is 16.9. The molecular formula is C17H25NO2. The fourth-order valence-corrected chi connectivity index (χ4v) is 2.86. The number of benzene rings is 1. The van der Waals surface area contributed by atoms with Crippen LogP contribution in [0.25, 0.3) is 0 Å². The predicted octanol–water partition coefficient (Wildman–Crippen LogP) is 3.55. The van der Waals surface area contributed by atoms with Crippen molar-refractivity contribution in [2.45, 2.75) is 58.1 Å². The first kappa shape index (κ1) is 14.9. The van der Waals surface area contributed by atoms with Gasteiger partial charge in [0.1, 0.15) is 5.75 Å². The standard InChI is InChI=1S/C17H25NO2/c1-4-16(20-15-11-7-8-13(2)12-15)17(19)18(3)14-9-5-6-10-14/h7-8,11-12,14,16H,4-6,9-10H2,1-3H3/t16-/m1/s1. The van der Waals surface area contributed by atoms with E-state index in [1.807, 2.05) is 50.1 Å². The molecule has 0 aliphatic heterocycles. The highest BCUT2D eigenvalue weighted by atomic mass is 16.5. The summed E-state index contributed by atoms with van der Waals surface area (Å²) in [6.07, 6.45) is 5.05. The maximum atomic E-state index is 12.6. The van der Waals surface area contributed by atoms with E-state index in [9.17, 15) is 4.79 Å². The molecule has 1 aliphatic rings. The first-order chi connectivity index (χ1) is 9.61. The van der Waals surface area contributed by atoms with Gasteiger partial charge >= 0.3 is 0 Å². The lowest BCUT2D eigenvalue weighted by molar-refractivity contribution is -0.139. The van der Waals surface area contributed by atoms with Crippen LogP contribution >= 0.6 is 0 Å². The summed E-state index contributed by atoms with van der Waals surface area (Å²) in [5.41, 5.74) is 1.15. The van der Waals surface area contributed by atoms with Crippen molar-refractivity contribution < 1.29 is 9.53 Å². The summed E-state index contributed by atoms with van der Waals surface area (Å²) in [7, 11) is 1.92. The van der Waals surface area contributed by atoms with Crippen LogP contribution in [0.3, 0.4) is 0 Å². The molecule has 1 atom stereocenters. The number of amides is 1. The van der Waals surface area contributed by atoms with Crippen LogP contribution in [0.5, 0.6) is 5.75 Å². The lowest BCUT2D eigenvalue weighted by Crippen LogP contribution is -2.44. The van der Waals surface area contributed by atoms with Crippen LogP contribution in [0.1, 0.15) is 44.6 Å². The molecule has 1 saturated carbocycles. The number of carbonyl (C=O) groups excluding carboxylic acids is 1. The third-order valence-electron chi connectivity index (χ3n) is 4.13. The molecule has 0 spiro atoms. The molecule has 2 rings (SSSR count). The van der Waals surface area contributed by atoms with Crippen LogP contribution in [0.15, 0.2) is 24.3 Å². The van der Waals surface area contributed by atoms with Gasteiger partial charge in [-0.25, -0.2) is 0 Å². The highest BCUT2D eigenvalue weighted by Crippen LogP contribution is 2.24. The Hall–Kier alpha value is -1.51. The van der Waals surface area contributed by atoms with E-state index in [0.29, 0.717) is 12.5 Å². The number of nitrogens with zero attached hydrogens (tertiary/aromatic N) is 1. The number of likely N-dealkylation sites (N-methyl/N-ethyl adjacent to an activating group) is 1. The zero-order valence-corrected chi connectivity index (χ0v) is 12.8. The second-order valence-electron chi connectivity index (χ2n) is 5.72. The van der Waals surface area contributed by atoms with E-state index < -0.39 is 0 Å². The summed E-state index contributed by atoms with van der Waals surface area (Å²) in [5, 5.41) is 0. The highest BCUT2D eigenvalue weighted by molar-refractivity contribution is 5.81. The quantitative estimate of drug-likeness (QED) is 0.822. The number of ether oxygens (including phenoxy) is 1. The van der Waals surface area contributed by atoms with Crippen molar-refractivity contribution in [2.24, 2.45) is 0 Å². The van der Waals surface area contributed by atoms with Crippen LogP contribution in [0, 0.1) is 6.92 Å². The number of aryl methyl sites for hydroxylation is 1. The molecule has 3 nitrogen and oxygen atoms in total. The van der Waals surface area contributed by atoms with Crippen LogP contribution < -0.4 is 4.74 Å². The predicted molar refractivity (Wildman–Crippen MR) is 80.9 cm³/mol. The number of rotatable bonds is 5. The summed E-state index contributed by atoms with van der Waals surface area (Å²) >= 11 is 0. The molecule has 0 heterocycles. The van der Waals surface area contributed by atoms with Gasteiger partial charge in [0.2, 0.25) is 0 Å². The van der Waals surface area contributed by atoms with Gasteiger partial charge < -0.3 is 9.64 Å². The van der Waals surface area contributed by atoms with Crippen LogP contribution in [0.4, 0.5) is 0 Å². The fraction of sp³-hybridized carbons (Fsp3) is 0.588. The average molecular weight is 275 g/mol. The van der Waals surface area contributed by atoms with Gasteiger partial charge in [-0.2, -0.15) is 0 Å². The molecular weight excluding hydrogens is 250 g/mol. The number of hydrogen-bond donors (Lipinski definition) is 0. The van der Waals surface area contributed by atoms with Crippen molar-refractivity contribution in [1.29, 1.82) is 0 Å². The zero-order valence-electron chi connectivity index (χ0n) is 12.8. The molecule has 1 aromatic carbocycles. The minimum absolute atomic E-state index is 0.112. The van der Waals surface area contributed by atoms with Gasteiger partial charge in [0.05, 0.1) is 0 Å². The molecule has 1 amide bonds. The summed E-state index contributed by atoms with van der Waals surface area (Å²) in [6, 6.07) is 8.28. The molecule has 3 heteroatoms. The largest absolute Gasteiger partial charge is 0.481 e. The maximum Gasteiger partial charge on any atom is 0.263 e. The lowest BCUT2D eigenvalue weighted by atomic mass is 10.1. The number of carbonyl (C=O) groups is 1. The minimum Gasteiger partial charge on any atom is -0.481 e. The molecule has 0 radical (unpaired) electrons. The Morgan fingerprint density at radius 1 is 1.40 bits per heavy atom. The Kier molecular flexibility index (Phi) is 5.05. The van der Waals surface area contributed by atoms with Crippen molar-refractivity contribution in [3.63, 3.8) is 0 Å². The van der Waals surface area contributed by atoms with Gasteiger partial charge in [-0.1, -0.05) is 31.9 Å². The Morgan fingerprint density at radius 3 is 2.70 bits per heavy atom. The van der Waals surface area contributed by atoms with Crippen molar-refractivity contribution in [2.75, 3.05) is 7.05 Å². The SMILES string of the molecule is CC[C@@H](Oc1cccc(C)c1)C(=O)N(C)C1CCCC1. The van der Waals surface area contributed by atoms with E-state index in [1.165, 1.54) is 12.8 Å². The second-order valence-corrected chi connectivity index (χ2v) is 5.72. The smallest absolute Gasteiger partial charge is 0.263 e. The summed E-state index contributed by atoms with van der Waals surface area (Å²) in [6.45, 7) is 4.03. The minimum atomic E-state index is -0.373. The van der Waals surface area contributed by atoms with Crippen molar-refractivity contribution in [3.8, 4) is 5.75 Å². The molecule has 0 aromatic heterocycles. The van der Waals surface area contributed by atoms with E-state index in [4.69, 9.17) is 4.74 Å². The average Bonchev–Trinajstić information content (AvgIpc) is 2.97. The first-order valence-electron chi connectivity index (χ1n) is 7.61. The topological polar surface area (TPSA) is 29.5 Å². The van der Waals surface area contributed by atoms with Crippen molar-refractivity contribution >= 4 is 5.91 Å². The van der Waals surface area contributed by atoms with E-state index in [1.54, 1.807) is 0 Å². The molecule has 1 aromatic rings. The Labute approximate surface area is 121 Å². The molecule has 1 aliphatic carbocycles. The zero-order chi connectivity index (χ0) is 14.5. The van der Waals surface area contributed by atoms with E-state index in [0.717, 1.165) is 24.2 Å². The fourth-order valence-electron chi connectivity index (χ4n) is 2.86. The number of hydrogen-bond acceptors (Lipinski definition) is 2. The van der Waals surface area contributed by atoms with E-state index in [-0.39, 0.29) is 12.0 Å². The summed E-state index contributed by atoms with van der Waals surface area (Å²) in [4.78, 5) is 14.5. The van der Waals surface area contributed by atoms with Gasteiger partial charge in [0.15, 0.2) is 6.10 Å². The second kappa shape index (κ2) is 6.78. The summed E-state index contributed by atoms with van der Waals surface area (Å²) < 4.78 is 5.90. The van der Waals surface area contributed by atoms with Gasteiger partial charge in [-0.15, -0.1) is 0 Å². The molecule has 0 N–H and O–H groups in total. The molecule has 0 unspecified atom stereocenters. The Balaban J connectivity index is 2.01. The molecule has 0 saturated heterocycles. The van der Waals surface area contributed by atoms with Crippen LogP contribution in [0.2, 0.25) is 0 Å². The molecule has 110 valence electrons. The summed E-state index contributed by atoms with van der Waals surface area (Å²) in [5.74, 6) is 0.894. The van der Waals surface area contributed by atoms with Gasteiger partial charge in [-0.05, 0) is 43.9 Å². The maximum absolute atomic E-state index is 12.6. The lowest BCUT2D eigenvalue weighted by Gasteiger charge is -2.28. The molecule has 0 bridgehead atoms. The monoisotopic (exact) mass is 275 g/mol. The van der Waals surface area contributed by atoms with E-state index >= 15 is 0 Å². The van der Waals surface area contributed by atoms with Crippen LogP contribution in [-0.4, -0.2) is 30.0 Å². The molecule has 1 fully saturated rings.